The summed E-state index contributed by atoms with van der Waals surface area (Å²) in [4.78, 5) is 207. The van der Waals surface area contributed by atoms with Crippen molar-refractivity contribution in [3.8, 4) is 0 Å². The predicted molar refractivity (Wildman–Crippen MR) is 374 cm³/mol. The lowest BCUT2D eigenvalue weighted by Crippen LogP contribution is -2.62. The van der Waals surface area contributed by atoms with E-state index in [1.165, 1.54) is 24.3 Å². The minimum atomic E-state index is -1.94. The first-order valence-electron chi connectivity index (χ1n) is 34.2. The van der Waals surface area contributed by atoms with Crippen LogP contribution in [0.15, 0.2) is 60.5 Å². The molecule has 33 nitrogen and oxygen atoms in total. The molecule has 558 valence electrons. The largest absolute Gasteiger partial charge is 0.481 e. The van der Waals surface area contributed by atoms with Crippen LogP contribution in [0.1, 0.15) is 143 Å². The van der Waals surface area contributed by atoms with Crippen molar-refractivity contribution in [3.63, 3.8) is 0 Å². The number of carbonyl (C=O) groups is 14. The summed E-state index contributed by atoms with van der Waals surface area (Å²) in [5, 5.41) is 49.0. The Hall–Kier alpha value is -9.31. The van der Waals surface area contributed by atoms with Crippen molar-refractivity contribution in [2.24, 2.45) is 45.9 Å². The summed E-state index contributed by atoms with van der Waals surface area (Å²) < 4.78 is 0. The van der Waals surface area contributed by atoms with Gasteiger partial charge in [0.15, 0.2) is 0 Å². The number of imidazole rings is 1. The number of allylic oxidation sites excluding steroid dienone is 1. The summed E-state index contributed by atoms with van der Waals surface area (Å²) in [5.41, 5.74) is 18.7. The summed E-state index contributed by atoms with van der Waals surface area (Å²) in [6.45, 7) is 15.8. The summed E-state index contributed by atoms with van der Waals surface area (Å²) >= 11 is 1.32. The molecule has 1 aromatic heterocycles. The zero-order chi connectivity index (χ0) is 75.0. The third kappa shape index (κ3) is 28.3. The van der Waals surface area contributed by atoms with Crippen LogP contribution in [0, 0.1) is 23.7 Å². The van der Waals surface area contributed by atoms with Crippen LogP contribution in [-0.4, -0.2) is 199 Å². The highest BCUT2D eigenvalue weighted by molar-refractivity contribution is 8.14. The van der Waals surface area contributed by atoms with E-state index in [4.69, 9.17) is 17.2 Å². The third-order valence-corrected chi connectivity index (χ3v) is 18.5. The zero-order valence-electron chi connectivity index (χ0n) is 58.4. The molecular weight excluding hydrogens is 1330 g/mol. The van der Waals surface area contributed by atoms with Gasteiger partial charge in [0.2, 0.25) is 70.9 Å². The average molecular weight is 1430 g/mol. The normalized spacial score (nSPS) is 23.0. The first-order chi connectivity index (χ1) is 47.9. The number of aliphatic imine (C=N–C) groups is 1. The van der Waals surface area contributed by atoms with Gasteiger partial charge in [0, 0.05) is 43.5 Å². The number of rotatable bonds is 32. The lowest BCUT2D eigenvalue weighted by Gasteiger charge is -2.30. The van der Waals surface area contributed by atoms with Crippen molar-refractivity contribution in [2.75, 3.05) is 18.8 Å². The Kier molecular flexibility index (Phi) is 35.6. The van der Waals surface area contributed by atoms with Crippen LogP contribution in [0.5, 0.6) is 0 Å². The van der Waals surface area contributed by atoms with Gasteiger partial charge in [-0.1, -0.05) is 97.7 Å². The van der Waals surface area contributed by atoms with E-state index in [0.717, 1.165) is 0 Å². The van der Waals surface area contributed by atoms with Gasteiger partial charge in [-0.05, 0) is 87.1 Å². The van der Waals surface area contributed by atoms with E-state index in [2.05, 4.69) is 80.0 Å². The van der Waals surface area contributed by atoms with Crippen molar-refractivity contribution in [2.45, 2.75) is 217 Å². The number of primary amides is 1. The van der Waals surface area contributed by atoms with E-state index < -0.39 is 193 Å². The van der Waals surface area contributed by atoms with Crippen molar-refractivity contribution in [3.05, 3.63) is 66.8 Å². The van der Waals surface area contributed by atoms with Crippen LogP contribution in [0.3, 0.4) is 0 Å². The topological polar surface area (TPSA) is 531 Å². The maximum absolute atomic E-state index is 14.9. The van der Waals surface area contributed by atoms with Gasteiger partial charge < -0.3 is 90.9 Å². The highest BCUT2D eigenvalue weighted by Crippen LogP contribution is 2.25. The number of carbonyl (C=O) groups excluding carboxylic acids is 12. The molecule has 1 aromatic carbocycles. The van der Waals surface area contributed by atoms with Crippen LogP contribution in [0.4, 0.5) is 0 Å². The molecule has 3 heterocycles. The van der Waals surface area contributed by atoms with Gasteiger partial charge >= 0.3 is 11.9 Å². The molecule has 15 unspecified atom stereocenters. The average Bonchev–Trinajstić information content (AvgIpc) is 1.75. The molecule has 2 aromatic rings. The Morgan fingerprint density at radius 1 is 0.703 bits per heavy atom. The van der Waals surface area contributed by atoms with E-state index in [-0.39, 0.29) is 94.9 Å². The number of hydrogen-bond donors (Lipinski definition) is 17. The molecule has 0 bridgehead atoms. The van der Waals surface area contributed by atoms with E-state index in [0.29, 0.717) is 22.7 Å². The van der Waals surface area contributed by atoms with Gasteiger partial charge in [-0.25, -0.2) is 4.98 Å². The molecule has 1 fully saturated rings. The molecule has 15 atom stereocenters. The smallest absolute Gasteiger partial charge is 0.305 e. The molecular formula is C67H103N17O16S. The number of benzene rings is 1. The fourth-order valence-corrected chi connectivity index (χ4v) is 12.2. The molecule has 20 N–H and O–H groups in total. The first-order valence-corrected chi connectivity index (χ1v) is 35.2. The number of aliphatic carboxylic acids is 2. The molecule has 12 amide bonds. The second-order valence-corrected chi connectivity index (χ2v) is 27.1. The number of H-pyrrole nitrogens is 1. The van der Waals surface area contributed by atoms with E-state index in [9.17, 15) is 77.3 Å². The Morgan fingerprint density at radius 2 is 1.32 bits per heavy atom. The second kappa shape index (κ2) is 42.7. The predicted octanol–water partition coefficient (Wildman–Crippen LogP) is -1.51. The van der Waals surface area contributed by atoms with E-state index in [1.54, 1.807) is 78.0 Å². The highest BCUT2D eigenvalue weighted by Gasteiger charge is 2.40. The molecule has 0 aliphatic carbocycles. The summed E-state index contributed by atoms with van der Waals surface area (Å²) in [7, 11) is 0. The minimum absolute atomic E-state index is 0.00193. The van der Waals surface area contributed by atoms with Crippen LogP contribution >= 0.6 is 11.8 Å². The Morgan fingerprint density at radius 3 is 1.91 bits per heavy atom. The van der Waals surface area contributed by atoms with E-state index in [1.807, 2.05) is 6.92 Å². The first kappa shape index (κ1) is 84.1. The molecule has 0 saturated carbocycles. The fourth-order valence-electron chi connectivity index (χ4n) is 11.0. The number of nitrogens with two attached hydrogens (primary N) is 3. The highest BCUT2D eigenvalue weighted by atomic mass is 32.2. The number of amides is 12. The molecule has 0 radical (unpaired) electrons. The van der Waals surface area contributed by atoms with Gasteiger partial charge in [-0.3, -0.25) is 72.1 Å². The number of thioether (sulfide) groups is 1. The number of hydrogen-bond acceptors (Lipinski definition) is 19. The minimum Gasteiger partial charge on any atom is -0.481 e. The van der Waals surface area contributed by atoms with Crippen molar-refractivity contribution in [1.29, 1.82) is 0 Å². The van der Waals surface area contributed by atoms with Crippen LogP contribution in [-0.2, 0) is 80.0 Å². The van der Waals surface area contributed by atoms with Crippen LogP contribution in [0.2, 0.25) is 0 Å². The standard InChI is InChI=1S/C67H103N17O16S/c1-9-18-38(8)53(70)67-82-49(33-101-67)64(98)77-44(27-35(4)5)60(94)75-43(23-24-51(86)87)59(93)84-54(36(6)10-2)65(99)76-41-21-15-16-26-72-56(90)47(30-50(69)85)79-63(97)48(31-52(88)89)80-62(96)46(29-40-32-71-34-73-40)78-61(95)45(28-39-19-13-12-14-20-39)81-66(100)55(37(7)11-3)83-58(92)42(22-17-25-68)74-57(41)91/h9,12-14,19-20,32,34-38,41-49,53-55H,1,10-11,15-18,21-31,33,68,70H2,2-8H3,(H2,69,85)(H,71,73)(H,72,90)(H,74,91)(H,75,94)(H,76,99)(H,77,98)(H,78,95)(H,79,97)(H,80,96)(H,81,100)(H,83,92)(H,84,93)(H,86,87)(H,88,89). The van der Waals surface area contributed by atoms with Gasteiger partial charge in [-0.2, -0.15) is 0 Å². The van der Waals surface area contributed by atoms with Crippen molar-refractivity contribution >= 4 is 99.6 Å². The van der Waals surface area contributed by atoms with Crippen LogP contribution < -0.4 is 75.7 Å². The summed E-state index contributed by atoms with van der Waals surface area (Å²) in [5.74, 6) is -15.6. The zero-order valence-corrected chi connectivity index (χ0v) is 59.3. The molecule has 0 spiro atoms. The molecule has 101 heavy (non-hydrogen) atoms. The Bertz CT molecular complexity index is 3210. The SMILES string of the molecule is C=CCC(C)C(N)C1=NC(C(=O)NC(CC(C)C)C(=O)NC(CCC(=O)O)C(=O)NC(C(=O)NC2CCCCNC(=O)C(CC(N)=O)NC(=O)C(CC(=O)O)NC(=O)C(Cc3cnc[nH]3)NC(=O)C(Cc3ccccc3)NC(=O)C(C(C)CC)NC(=O)C(CCCN)NC2=O)C(C)CC)CS1. The van der Waals surface area contributed by atoms with E-state index >= 15 is 0 Å². The molecule has 1 saturated heterocycles. The van der Waals surface area contributed by atoms with Gasteiger partial charge in [-0.15, -0.1) is 18.3 Å². The maximum Gasteiger partial charge on any atom is 0.305 e. The van der Waals surface area contributed by atoms with Gasteiger partial charge in [0.1, 0.15) is 66.5 Å². The monoisotopic (exact) mass is 1430 g/mol. The number of carboxylic acid groups (broad SMARTS) is 2. The lowest BCUT2D eigenvalue weighted by molar-refractivity contribution is -0.142. The van der Waals surface area contributed by atoms with Gasteiger partial charge in [0.05, 0.1) is 30.3 Å². The number of aromatic nitrogens is 2. The molecule has 2 aliphatic heterocycles. The quantitative estimate of drug-likeness (QED) is 0.0370. The van der Waals surface area contributed by atoms with Crippen molar-refractivity contribution < 1.29 is 77.3 Å². The summed E-state index contributed by atoms with van der Waals surface area (Å²) in [6, 6.07) is -8.48. The number of nitrogens with zero attached hydrogens (tertiary/aromatic N) is 2. The number of carboxylic acids is 2. The summed E-state index contributed by atoms with van der Waals surface area (Å²) in [6.07, 6.45) is 1.89. The molecule has 4 rings (SSSR count). The number of aromatic amines is 1. The Balaban J connectivity index is 1.77. The Labute approximate surface area is 591 Å². The molecule has 2 aliphatic rings. The fraction of sp³-hybridized carbons (Fsp3) is 0.612. The third-order valence-electron chi connectivity index (χ3n) is 17.4. The maximum atomic E-state index is 14.9. The molecule has 34 heteroatoms. The van der Waals surface area contributed by atoms with Crippen molar-refractivity contribution in [1.82, 2.24) is 68.5 Å². The number of nitrogens with one attached hydrogen (secondary N) is 12. The second-order valence-electron chi connectivity index (χ2n) is 26.1. The van der Waals surface area contributed by atoms with Gasteiger partial charge in [0.25, 0.3) is 0 Å². The van der Waals surface area contributed by atoms with Crippen LogP contribution in [0.25, 0.3) is 0 Å². The lowest BCUT2D eigenvalue weighted by atomic mass is 9.96.